The molecule has 0 radical (unpaired) electrons. The van der Waals surface area contributed by atoms with Gasteiger partial charge in [-0.15, -0.1) is 0 Å². The number of halogens is 2. The van der Waals surface area contributed by atoms with Gasteiger partial charge in [-0.05, 0) is 28.5 Å². The smallest absolute Gasteiger partial charge is 0.277 e. The van der Waals surface area contributed by atoms with E-state index in [-0.39, 0.29) is 23.9 Å². The van der Waals surface area contributed by atoms with Crippen LogP contribution in [-0.4, -0.2) is 36.4 Å². The number of rotatable bonds is 7. The summed E-state index contributed by atoms with van der Waals surface area (Å²) in [5.74, 6) is 0.289. The van der Waals surface area contributed by atoms with Gasteiger partial charge in [-0.1, -0.05) is 11.6 Å². The Morgan fingerprint density at radius 1 is 1.39 bits per heavy atom. The average Bonchev–Trinajstić information content (AvgIpc) is 2.93. The molecule has 0 aliphatic carbocycles. The predicted octanol–water partition coefficient (Wildman–Crippen LogP) is -2.16. The van der Waals surface area contributed by atoms with Crippen LogP contribution in [-0.2, 0) is 6.54 Å². The zero-order valence-electron chi connectivity index (χ0n) is 12.3. The molecule has 1 heterocycles. The second kappa shape index (κ2) is 9.19. The number of nitrogens with two attached hydrogens (primary N) is 1. The van der Waals surface area contributed by atoms with Crippen LogP contribution in [0.2, 0.25) is 5.02 Å². The van der Waals surface area contributed by atoms with Gasteiger partial charge in [0.1, 0.15) is 5.75 Å². The summed E-state index contributed by atoms with van der Waals surface area (Å²) in [7, 11) is 1.60. The van der Waals surface area contributed by atoms with Gasteiger partial charge in [0.2, 0.25) is 11.5 Å². The van der Waals surface area contributed by atoms with Gasteiger partial charge in [0.25, 0.3) is 5.91 Å². The van der Waals surface area contributed by atoms with Crippen LogP contribution in [0.15, 0.2) is 22.8 Å². The molecule has 10 heteroatoms. The fourth-order valence-corrected chi connectivity index (χ4v) is 2.00. The molecule has 1 amide bonds. The summed E-state index contributed by atoms with van der Waals surface area (Å²) >= 11 is 5.95. The lowest BCUT2D eigenvalue weighted by Crippen LogP contribution is -3.00. The highest BCUT2D eigenvalue weighted by molar-refractivity contribution is 6.30. The molecule has 0 aliphatic rings. The Balaban J connectivity index is 0.00000264. The van der Waals surface area contributed by atoms with Crippen LogP contribution in [0.4, 0.5) is 5.82 Å². The van der Waals surface area contributed by atoms with Gasteiger partial charge in [0, 0.05) is 30.2 Å². The summed E-state index contributed by atoms with van der Waals surface area (Å²) in [4.78, 5) is 11.7. The maximum Gasteiger partial charge on any atom is 0.277 e. The summed E-state index contributed by atoms with van der Waals surface area (Å²) in [6.07, 6.45) is 0. The van der Waals surface area contributed by atoms with Crippen LogP contribution in [0.5, 0.6) is 5.75 Å². The largest absolute Gasteiger partial charge is 1.00 e. The Kier molecular flexibility index (Phi) is 7.60. The monoisotopic (exact) mass is 360 g/mol. The number of benzene rings is 1. The van der Waals surface area contributed by atoms with E-state index in [1.807, 2.05) is 12.1 Å². The van der Waals surface area contributed by atoms with Crippen molar-refractivity contribution < 1.29 is 26.6 Å². The Morgan fingerprint density at radius 3 is 2.83 bits per heavy atom. The summed E-state index contributed by atoms with van der Waals surface area (Å²) in [6.45, 7) is 1.51. The predicted molar refractivity (Wildman–Crippen MR) is 80.8 cm³/mol. The molecule has 1 aromatic carbocycles. The van der Waals surface area contributed by atoms with Crippen molar-refractivity contribution in [2.45, 2.75) is 6.54 Å². The van der Waals surface area contributed by atoms with Crippen LogP contribution in [0, 0.1) is 0 Å². The summed E-state index contributed by atoms with van der Waals surface area (Å²) in [6, 6.07) is 5.40. The van der Waals surface area contributed by atoms with Crippen LogP contribution in [0.25, 0.3) is 0 Å². The van der Waals surface area contributed by atoms with Crippen molar-refractivity contribution in [3.05, 3.63) is 34.5 Å². The number of aromatic nitrogens is 2. The third-order valence-electron chi connectivity index (χ3n) is 2.87. The molecule has 0 saturated carbocycles. The van der Waals surface area contributed by atoms with Gasteiger partial charge >= 0.3 is 0 Å². The highest BCUT2D eigenvalue weighted by Crippen LogP contribution is 2.22. The molecule has 0 unspecified atom stereocenters. The van der Waals surface area contributed by atoms with Crippen molar-refractivity contribution in [3.63, 3.8) is 0 Å². The average molecular weight is 361 g/mol. The molecule has 0 saturated heterocycles. The van der Waals surface area contributed by atoms with Gasteiger partial charge < -0.3 is 33.5 Å². The SMILES string of the molecule is COc1ccc(Cl)cc1CNCCNC(=O)c1nonc1N.[Cl-]. The van der Waals surface area contributed by atoms with E-state index in [1.54, 1.807) is 13.2 Å². The molecular formula is C13H16Cl2N5O3-. The number of amides is 1. The second-order valence-electron chi connectivity index (χ2n) is 4.39. The van der Waals surface area contributed by atoms with Crippen molar-refractivity contribution >= 4 is 23.3 Å². The molecule has 0 fully saturated rings. The molecular weight excluding hydrogens is 345 g/mol. The summed E-state index contributed by atoms with van der Waals surface area (Å²) < 4.78 is 9.61. The van der Waals surface area contributed by atoms with E-state index in [9.17, 15) is 4.79 Å². The molecule has 0 atom stereocenters. The topological polar surface area (TPSA) is 115 Å². The Bertz CT molecular complexity index is 650. The summed E-state index contributed by atoms with van der Waals surface area (Å²) in [5.41, 5.74) is 6.34. The zero-order valence-corrected chi connectivity index (χ0v) is 13.8. The number of nitrogen functional groups attached to an aromatic ring is 1. The minimum absolute atomic E-state index is 0. The molecule has 23 heavy (non-hydrogen) atoms. The van der Waals surface area contributed by atoms with Gasteiger partial charge in [-0.2, -0.15) is 0 Å². The van der Waals surface area contributed by atoms with Crippen molar-refractivity contribution in [2.24, 2.45) is 0 Å². The number of hydrogen-bond donors (Lipinski definition) is 3. The highest BCUT2D eigenvalue weighted by atomic mass is 35.5. The van der Waals surface area contributed by atoms with E-state index in [4.69, 9.17) is 22.1 Å². The molecule has 1 aromatic heterocycles. The number of carbonyl (C=O) groups is 1. The molecule has 126 valence electrons. The van der Waals surface area contributed by atoms with Crippen molar-refractivity contribution in [1.29, 1.82) is 0 Å². The minimum Gasteiger partial charge on any atom is -1.00 e. The Morgan fingerprint density at radius 2 is 2.17 bits per heavy atom. The van der Waals surface area contributed by atoms with Crippen molar-refractivity contribution in [1.82, 2.24) is 20.9 Å². The van der Waals surface area contributed by atoms with E-state index in [0.29, 0.717) is 24.7 Å². The van der Waals surface area contributed by atoms with Crippen LogP contribution >= 0.6 is 11.6 Å². The number of hydrogen-bond acceptors (Lipinski definition) is 7. The molecule has 0 bridgehead atoms. The molecule has 8 nitrogen and oxygen atoms in total. The first-order valence-electron chi connectivity index (χ1n) is 6.51. The first kappa shape index (κ1) is 19.0. The lowest BCUT2D eigenvalue weighted by Gasteiger charge is -2.10. The highest BCUT2D eigenvalue weighted by Gasteiger charge is 2.14. The quantitative estimate of drug-likeness (QED) is 0.481. The van der Waals surface area contributed by atoms with Crippen LogP contribution < -0.4 is 33.5 Å². The fraction of sp³-hybridized carbons (Fsp3) is 0.308. The van der Waals surface area contributed by atoms with E-state index < -0.39 is 5.91 Å². The normalized spacial score (nSPS) is 10.0. The zero-order chi connectivity index (χ0) is 15.9. The number of anilines is 1. The maximum atomic E-state index is 11.7. The molecule has 0 spiro atoms. The Labute approximate surface area is 144 Å². The Hall–Kier alpha value is -2.03. The first-order chi connectivity index (χ1) is 10.6. The number of carbonyl (C=O) groups excluding carboxylic acids is 1. The number of nitrogens with one attached hydrogen (secondary N) is 2. The molecule has 0 aliphatic heterocycles. The van der Waals surface area contributed by atoms with Crippen molar-refractivity contribution in [3.8, 4) is 5.75 Å². The maximum absolute atomic E-state index is 11.7. The van der Waals surface area contributed by atoms with Gasteiger partial charge in [-0.3, -0.25) is 4.79 Å². The standard InChI is InChI=1S/C13H16ClN5O3.ClH/c1-21-10-3-2-9(14)6-8(10)7-16-4-5-17-13(20)11-12(15)19-22-18-11;/h2-3,6,16H,4-5,7H2,1H3,(H2,15,19)(H,17,20);1H/p-1. The van der Waals surface area contributed by atoms with Crippen LogP contribution in [0.1, 0.15) is 16.1 Å². The number of nitrogens with zero attached hydrogens (tertiary/aromatic N) is 2. The first-order valence-corrected chi connectivity index (χ1v) is 6.89. The number of methoxy groups -OCH3 is 1. The van der Waals surface area contributed by atoms with Gasteiger partial charge in [0.05, 0.1) is 7.11 Å². The lowest BCUT2D eigenvalue weighted by molar-refractivity contribution is -0.0000136. The number of ether oxygens (including phenoxy) is 1. The van der Waals surface area contributed by atoms with Gasteiger partial charge in [-0.25, -0.2) is 4.63 Å². The van der Waals surface area contributed by atoms with E-state index in [2.05, 4.69) is 25.6 Å². The van der Waals surface area contributed by atoms with E-state index in [0.717, 1.165) is 11.3 Å². The third-order valence-corrected chi connectivity index (χ3v) is 3.11. The van der Waals surface area contributed by atoms with Crippen LogP contribution in [0.3, 0.4) is 0 Å². The fourth-order valence-electron chi connectivity index (χ4n) is 1.81. The lowest BCUT2D eigenvalue weighted by atomic mass is 10.2. The van der Waals surface area contributed by atoms with Crippen molar-refractivity contribution in [2.75, 3.05) is 25.9 Å². The molecule has 2 rings (SSSR count). The van der Waals surface area contributed by atoms with Gasteiger partial charge in [0.15, 0.2) is 0 Å². The summed E-state index contributed by atoms with van der Waals surface area (Å²) in [5, 5.41) is 13.2. The third kappa shape index (κ3) is 5.27. The van der Waals surface area contributed by atoms with E-state index in [1.165, 1.54) is 0 Å². The van der Waals surface area contributed by atoms with E-state index >= 15 is 0 Å². The minimum atomic E-state index is -0.430. The second-order valence-corrected chi connectivity index (χ2v) is 4.82. The molecule has 4 N–H and O–H groups in total. The molecule has 2 aromatic rings.